The van der Waals surface area contributed by atoms with Crippen LogP contribution in [0.4, 0.5) is 0 Å². The molecule has 0 radical (unpaired) electrons. The maximum atomic E-state index is 3.69. The molecule has 1 N–H and O–H groups in total. The van der Waals surface area contributed by atoms with Gasteiger partial charge in [-0.2, -0.15) is 0 Å². The molecule has 1 heteroatoms. The predicted octanol–water partition coefficient (Wildman–Crippen LogP) is 3.82. The van der Waals surface area contributed by atoms with Crippen LogP contribution in [0.15, 0.2) is 24.3 Å². The van der Waals surface area contributed by atoms with Gasteiger partial charge in [0.2, 0.25) is 0 Å². The van der Waals surface area contributed by atoms with E-state index in [0.717, 1.165) is 6.04 Å². The number of hydrogen-bond acceptors (Lipinski definition) is 1. The molecule has 0 saturated carbocycles. The van der Waals surface area contributed by atoms with Crippen LogP contribution in [0.25, 0.3) is 0 Å². The Balaban J connectivity index is 2.15. The van der Waals surface area contributed by atoms with Crippen molar-refractivity contribution in [2.24, 2.45) is 0 Å². The molecule has 1 nitrogen and oxygen atoms in total. The first-order chi connectivity index (χ1) is 7.36. The fraction of sp³-hybridized carbons (Fsp3) is 0.714. The van der Waals surface area contributed by atoms with Crippen LogP contribution in [-0.4, -0.2) is 12.1 Å². The summed E-state index contributed by atoms with van der Waals surface area (Å²) < 4.78 is 0. The maximum absolute atomic E-state index is 3.69. The van der Waals surface area contributed by atoms with Crippen molar-refractivity contribution in [2.45, 2.75) is 64.5 Å². The molecular formula is C14H25N. The first-order valence-corrected chi connectivity index (χ1v) is 6.42. The monoisotopic (exact) mass is 207 g/mol. The Morgan fingerprint density at radius 1 is 1.20 bits per heavy atom. The van der Waals surface area contributed by atoms with Crippen LogP contribution in [0.3, 0.4) is 0 Å². The number of unbranched alkanes of at least 4 members (excludes halogenated alkanes) is 2. The van der Waals surface area contributed by atoms with Crippen molar-refractivity contribution < 1.29 is 0 Å². The van der Waals surface area contributed by atoms with Gasteiger partial charge in [0, 0.05) is 12.1 Å². The summed E-state index contributed by atoms with van der Waals surface area (Å²) in [6.07, 6.45) is 16.8. The van der Waals surface area contributed by atoms with Gasteiger partial charge in [0.1, 0.15) is 0 Å². The Morgan fingerprint density at radius 2 is 2.07 bits per heavy atom. The lowest BCUT2D eigenvalue weighted by Crippen LogP contribution is -2.27. The quantitative estimate of drug-likeness (QED) is 0.516. The molecule has 0 spiro atoms. The van der Waals surface area contributed by atoms with E-state index in [1.807, 2.05) is 0 Å². The van der Waals surface area contributed by atoms with E-state index in [2.05, 4.69) is 43.5 Å². The number of allylic oxidation sites excluding steroid dienone is 3. The highest BCUT2D eigenvalue weighted by Crippen LogP contribution is 2.18. The fourth-order valence-electron chi connectivity index (χ4n) is 2.18. The maximum Gasteiger partial charge on any atom is 0.0256 e. The van der Waals surface area contributed by atoms with Gasteiger partial charge in [-0.05, 0) is 26.2 Å². The molecular weight excluding hydrogens is 182 g/mol. The van der Waals surface area contributed by atoms with Crippen molar-refractivity contribution in [1.29, 1.82) is 0 Å². The van der Waals surface area contributed by atoms with Gasteiger partial charge in [-0.1, -0.05) is 50.5 Å². The second-order valence-electron chi connectivity index (χ2n) is 4.45. The summed E-state index contributed by atoms with van der Waals surface area (Å²) in [7, 11) is 0. The molecule has 1 aliphatic rings. The summed E-state index contributed by atoms with van der Waals surface area (Å²) in [6.45, 7) is 4.32. The summed E-state index contributed by atoms with van der Waals surface area (Å²) in [4.78, 5) is 0. The van der Waals surface area contributed by atoms with Gasteiger partial charge < -0.3 is 5.32 Å². The molecule has 1 heterocycles. The summed E-state index contributed by atoms with van der Waals surface area (Å²) >= 11 is 0. The lowest BCUT2D eigenvalue weighted by molar-refractivity contribution is 0.508. The van der Waals surface area contributed by atoms with E-state index in [0.29, 0.717) is 6.04 Å². The summed E-state index contributed by atoms with van der Waals surface area (Å²) in [5.41, 5.74) is 0. The van der Waals surface area contributed by atoms with Crippen molar-refractivity contribution in [3.8, 4) is 0 Å². The van der Waals surface area contributed by atoms with Crippen molar-refractivity contribution in [1.82, 2.24) is 5.32 Å². The van der Waals surface area contributed by atoms with E-state index in [1.165, 1.54) is 38.5 Å². The lowest BCUT2D eigenvalue weighted by atomic mass is 10.1. The van der Waals surface area contributed by atoms with Gasteiger partial charge >= 0.3 is 0 Å². The van der Waals surface area contributed by atoms with E-state index >= 15 is 0 Å². The largest absolute Gasteiger partial charge is 0.308 e. The minimum Gasteiger partial charge on any atom is -0.308 e. The van der Waals surface area contributed by atoms with Crippen molar-refractivity contribution in [3.63, 3.8) is 0 Å². The molecule has 1 rings (SSSR count). The average molecular weight is 207 g/mol. The molecule has 1 fully saturated rings. The molecule has 0 aromatic carbocycles. The van der Waals surface area contributed by atoms with E-state index in [9.17, 15) is 0 Å². The minimum absolute atomic E-state index is 0.618. The molecule has 86 valence electrons. The summed E-state index contributed by atoms with van der Waals surface area (Å²) in [6, 6.07) is 1.39. The molecule has 0 bridgehead atoms. The number of hydrogen-bond donors (Lipinski definition) is 1. The minimum atomic E-state index is 0.618. The van der Waals surface area contributed by atoms with Gasteiger partial charge in [0.15, 0.2) is 0 Å². The van der Waals surface area contributed by atoms with Crippen molar-refractivity contribution in [3.05, 3.63) is 24.3 Å². The Hall–Kier alpha value is -0.560. The van der Waals surface area contributed by atoms with Crippen LogP contribution in [0.1, 0.15) is 52.4 Å². The van der Waals surface area contributed by atoms with E-state index in [4.69, 9.17) is 0 Å². The van der Waals surface area contributed by atoms with Gasteiger partial charge in [-0.15, -0.1) is 0 Å². The first kappa shape index (κ1) is 12.5. The average Bonchev–Trinajstić information content (AvgIpc) is 2.67. The molecule has 15 heavy (non-hydrogen) atoms. The SMILES string of the molecule is C/C=C\C=C/C1CCC(CCCCC)N1. The second-order valence-corrected chi connectivity index (χ2v) is 4.45. The van der Waals surface area contributed by atoms with Gasteiger partial charge in [-0.25, -0.2) is 0 Å². The Bertz CT molecular complexity index is 205. The Kier molecular flexibility index (Phi) is 6.42. The summed E-state index contributed by atoms with van der Waals surface area (Å²) in [5, 5.41) is 3.69. The molecule has 0 aromatic heterocycles. The highest BCUT2D eigenvalue weighted by Gasteiger charge is 2.20. The smallest absolute Gasteiger partial charge is 0.0256 e. The van der Waals surface area contributed by atoms with Crippen LogP contribution >= 0.6 is 0 Å². The first-order valence-electron chi connectivity index (χ1n) is 6.42. The van der Waals surface area contributed by atoms with Crippen LogP contribution in [0.2, 0.25) is 0 Å². The highest BCUT2D eigenvalue weighted by atomic mass is 15.0. The van der Waals surface area contributed by atoms with Crippen molar-refractivity contribution >= 4 is 0 Å². The normalized spacial score (nSPS) is 27.1. The standard InChI is InChI=1S/C14H25N/c1-3-5-7-9-13-11-12-14(15-13)10-8-6-4-2/h3,5,7,9,13-15H,4,6,8,10-12H2,1-2H3/b5-3-,9-7-. The molecule has 2 atom stereocenters. The van der Waals surface area contributed by atoms with Crippen LogP contribution in [0, 0.1) is 0 Å². The van der Waals surface area contributed by atoms with E-state index < -0.39 is 0 Å². The van der Waals surface area contributed by atoms with Crippen LogP contribution < -0.4 is 5.32 Å². The highest BCUT2D eigenvalue weighted by molar-refractivity contribution is 5.07. The molecule has 0 aliphatic carbocycles. The third-order valence-electron chi connectivity index (χ3n) is 3.08. The lowest BCUT2D eigenvalue weighted by Gasteiger charge is -2.11. The zero-order valence-corrected chi connectivity index (χ0v) is 10.2. The number of nitrogens with one attached hydrogen (secondary N) is 1. The van der Waals surface area contributed by atoms with Gasteiger partial charge in [0.25, 0.3) is 0 Å². The molecule has 1 saturated heterocycles. The Labute approximate surface area is 94.6 Å². The third-order valence-corrected chi connectivity index (χ3v) is 3.08. The molecule has 0 amide bonds. The molecule has 2 unspecified atom stereocenters. The third kappa shape index (κ3) is 5.17. The van der Waals surface area contributed by atoms with E-state index in [1.54, 1.807) is 0 Å². The summed E-state index contributed by atoms with van der Waals surface area (Å²) in [5.74, 6) is 0. The fourth-order valence-corrected chi connectivity index (χ4v) is 2.18. The zero-order valence-electron chi connectivity index (χ0n) is 10.2. The molecule has 1 aliphatic heterocycles. The number of rotatable bonds is 6. The van der Waals surface area contributed by atoms with Crippen LogP contribution in [-0.2, 0) is 0 Å². The second kappa shape index (κ2) is 7.70. The van der Waals surface area contributed by atoms with E-state index in [-0.39, 0.29) is 0 Å². The predicted molar refractivity (Wildman–Crippen MR) is 68.0 cm³/mol. The van der Waals surface area contributed by atoms with Crippen molar-refractivity contribution in [2.75, 3.05) is 0 Å². The molecule has 0 aromatic rings. The van der Waals surface area contributed by atoms with Gasteiger partial charge in [-0.3, -0.25) is 0 Å². The van der Waals surface area contributed by atoms with Gasteiger partial charge in [0.05, 0.1) is 0 Å². The topological polar surface area (TPSA) is 12.0 Å². The Morgan fingerprint density at radius 3 is 2.80 bits per heavy atom. The van der Waals surface area contributed by atoms with Crippen LogP contribution in [0.5, 0.6) is 0 Å². The zero-order chi connectivity index (χ0) is 10.9.